The third-order valence-electron chi connectivity index (χ3n) is 1.42. The molecule has 0 aliphatic carbocycles. The van der Waals surface area contributed by atoms with E-state index >= 15 is 0 Å². The van der Waals surface area contributed by atoms with Crippen LogP contribution in [0.25, 0.3) is 0 Å². The van der Waals surface area contributed by atoms with Crippen molar-refractivity contribution in [3.8, 4) is 0 Å². The molecule has 0 heterocycles. The molecule has 0 unspecified atom stereocenters. The lowest BCUT2D eigenvalue weighted by Crippen LogP contribution is -2.16. The van der Waals surface area contributed by atoms with Crippen LogP contribution in [0.3, 0.4) is 0 Å². The van der Waals surface area contributed by atoms with Crippen molar-refractivity contribution in [2.75, 3.05) is 25.7 Å². The van der Waals surface area contributed by atoms with Crippen LogP contribution in [0.5, 0.6) is 0 Å². The number of esters is 2. The molecule has 0 spiro atoms. The van der Waals surface area contributed by atoms with Crippen LogP contribution in [0.2, 0.25) is 0 Å². The summed E-state index contributed by atoms with van der Waals surface area (Å²) < 4.78 is 8.97. The molecule has 5 heteroatoms. The van der Waals surface area contributed by atoms with E-state index in [1.54, 1.807) is 6.92 Å². The first-order valence-corrected chi connectivity index (χ1v) is 4.99. The van der Waals surface area contributed by atoms with Gasteiger partial charge in [-0.1, -0.05) is 6.92 Å². The highest BCUT2D eigenvalue weighted by Gasteiger charge is 2.13. The van der Waals surface area contributed by atoms with Gasteiger partial charge in [0, 0.05) is 5.75 Å². The van der Waals surface area contributed by atoms with E-state index in [1.165, 1.54) is 26.0 Å². The maximum absolute atomic E-state index is 10.9. The van der Waals surface area contributed by atoms with Gasteiger partial charge >= 0.3 is 11.9 Å². The maximum atomic E-state index is 10.9. The van der Waals surface area contributed by atoms with Crippen molar-refractivity contribution in [1.29, 1.82) is 0 Å². The monoisotopic (exact) mass is 206 g/mol. The van der Waals surface area contributed by atoms with Crippen LogP contribution in [0, 0.1) is 5.92 Å². The Hall–Kier alpha value is -0.710. The fourth-order valence-corrected chi connectivity index (χ4v) is 1.54. The molecule has 1 atom stereocenters. The van der Waals surface area contributed by atoms with Crippen molar-refractivity contribution in [3.63, 3.8) is 0 Å². The molecule has 0 aromatic carbocycles. The van der Waals surface area contributed by atoms with E-state index in [0.29, 0.717) is 5.75 Å². The Morgan fingerprint density at radius 2 is 1.92 bits per heavy atom. The minimum absolute atomic E-state index is 0.181. The zero-order valence-electron chi connectivity index (χ0n) is 8.03. The van der Waals surface area contributed by atoms with Crippen LogP contribution in [0.15, 0.2) is 0 Å². The van der Waals surface area contributed by atoms with E-state index in [1.807, 2.05) is 0 Å². The second kappa shape index (κ2) is 6.77. The highest BCUT2D eigenvalue weighted by Crippen LogP contribution is 2.09. The maximum Gasteiger partial charge on any atom is 0.315 e. The standard InChI is InChI=1S/C8H14O4S/c1-6(8(10)12-3)4-13-5-7(9)11-2/h6H,4-5H2,1-3H3/t6-/m0/s1. The molecule has 0 radical (unpaired) electrons. The van der Waals surface area contributed by atoms with Crippen LogP contribution in [0.4, 0.5) is 0 Å². The van der Waals surface area contributed by atoms with E-state index in [2.05, 4.69) is 9.47 Å². The molecule has 0 saturated heterocycles. The number of thioether (sulfide) groups is 1. The largest absolute Gasteiger partial charge is 0.469 e. The van der Waals surface area contributed by atoms with E-state index in [0.717, 1.165) is 0 Å². The molecule has 13 heavy (non-hydrogen) atoms. The summed E-state index contributed by atoms with van der Waals surface area (Å²) in [5.74, 6) is 0.138. The van der Waals surface area contributed by atoms with E-state index in [9.17, 15) is 9.59 Å². The van der Waals surface area contributed by atoms with Crippen molar-refractivity contribution < 1.29 is 19.1 Å². The van der Waals surface area contributed by atoms with Gasteiger partial charge in [0.05, 0.1) is 25.9 Å². The minimum atomic E-state index is -0.276. The molecule has 0 rings (SSSR count). The number of hydrogen-bond donors (Lipinski definition) is 0. The van der Waals surface area contributed by atoms with Crippen LogP contribution >= 0.6 is 11.8 Å². The molecule has 0 aliphatic heterocycles. The smallest absolute Gasteiger partial charge is 0.315 e. The summed E-state index contributed by atoms with van der Waals surface area (Å²) in [6.45, 7) is 1.76. The number of methoxy groups -OCH3 is 2. The van der Waals surface area contributed by atoms with Gasteiger partial charge in [0.25, 0.3) is 0 Å². The van der Waals surface area contributed by atoms with Crippen molar-refractivity contribution >= 4 is 23.7 Å². The third-order valence-corrected chi connectivity index (χ3v) is 2.59. The molecule has 0 fully saturated rings. The van der Waals surface area contributed by atoms with Crippen LogP contribution < -0.4 is 0 Å². The molecular weight excluding hydrogens is 192 g/mol. The van der Waals surface area contributed by atoms with Gasteiger partial charge in [-0.2, -0.15) is 0 Å². The summed E-state index contributed by atoms with van der Waals surface area (Å²) in [4.78, 5) is 21.6. The molecule has 0 aliphatic rings. The lowest BCUT2D eigenvalue weighted by Gasteiger charge is -2.07. The first kappa shape index (κ1) is 12.3. The average Bonchev–Trinajstić information content (AvgIpc) is 2.15. The van der Waals surface area contributed by atoms with E-state index in [-0.39, 0.29) is 23.6 Å². The Kier molecular flexibility index (Phi) is 6.40. The number of rotatable bonds is 5. The molecule has 0 amide bonds. The van der Waals surface area contributed by atoms with Gasteiger partial charge in [-0.25, -0.2) is 0 Å². The van der Waals surface area contributed by atoms with Crippen molar-refractivity contribution in [1.82, 2.24) is 0 Å². The molecule has 0 aromatic heterocycles. The molecule has 4 nitrogen and oxygen atoms in total. The zero-order chi connectivity index (χ0) is 10.3. The summed E-state index contributed by atoms with van der Waals surface area (Å²) >= 11 is 1.36. The quantitative estimate of drug-likeness (QED) is 0.620. The number of carbonyl (C=O) groups is 2. The topological polar surface area (TPSA) is 52.6 Å². The van der Waals surface area contributed by atoms with Crippen LogP contribution in [-0.4, -0.2) is 37.7 Å². The van der Waals surface area contributed by atoms with Crippen molar-refractivity contribution in [3.05, 3.63) is 0 Å². The Bertz CT molecular complexity index is 181. The number of carbonyl (C=O) groups excluding carboxylic acids is 2. The lowest BCUT2D eigenvalue weighted by molar-refractivity contribution is -0.144. The predicted molar refractivity (Wildman–Crippen MR) is 50.5 cm³/mol. The number of ether oxygens (including phenoxy) is 2. The fraction of sp³-hybridized carbons (Fsp3) is 0.750. The van der Waals surface area contributed by atoms with E-state index < -0.39 is 0 Å². The highest BCUT2D eigenvalue weighted by molar-refractivity contribution is 7.99. The lowest BCUT2D eigenvalue weighted by atomic mass is 10.2. The first-order valence-electron chi connectivity index (χ1n) is 3.84. The Morgan fingerprint density at radius 3 is 2.38 bits per heavy atom. The van der Waals surface area contributed by atoms with Crippen molar-refractivity contribution in [2.24, 2.45) is 5.92 Å². The van der Waals surface area contributed by atoms with Gasteiger partial charge in [0.1, 0.15) is 0 Å². The fourth-order valence-electron chi connectivity index (χ4n) is 0.647. The van der Waals surface area contributed by atoms with Gasteiger partial charge < -0.3 is 9.47 Å². The highest BCUT2D eigenvalue weighted by atomic mass is 32.2. The molecule has 0 saturated carbocycles. The Balaban J connectivity index is 3.53. The molecule has 76 valence electrons. The first-order chi connectivity index (χ1) is 6.11. The minimum Gasteiger partial charge on any atom is -0.469 e. The van der Waals surface area contributed by atoms with Crippen LogP contribution in [0.1, 0.15) is 6.92 Å². The second-order valence-corrected chi connectivity index (χ2v) is 3.55. The molecule has 0 N–H and O–H groups in total. The van der Waals surface area contributed by atoms with Gasteiger partial charge in [0.15, 0.2) is 0 Å². The van der Waals surface area contributed by atoms with Crippen molar-refractivity contribution in [2.45, 2.75) is 6.92 Å². The van der Waals surface area contributed by atoms with Gasteiger partial charge in [0.2, 0.25) is 0 Å². The SMILES string of the molecule is COC(=O)CSC[C@H](C)C(=O)OC. The predicted octanol–water partition coefficient (Wildman–Crippen LogP) is 0.702. The summed E-state index contributed by atoms with van der Waals surface area (Å²) in [6, 6.07) is 0. The average molecular weight is 206 g/mol. The van der Waals surface area contributed by atoms with Crippen LogP contribution in [-0.2, 0) is 19.1 Å². The van der Waals surface area contributed by atoms with Gasteiger partial charge in [-0.05, 0) is 0 Å². The molecule has 0 aromatic rings. The normalized spacial score (nSPS) is 11.9. The van der Waals surface area contributed by atoms with Gasteiger partial charge in [-0.15, -0.1) is 11.8 Å². The zero-order valence-corrected chi connectivity index (χ0v) is 8.85. The third kappa shape index (κ3) is 5.52. The number of hydrogen-bond acceptors (Lipinski definition) is 5. The summed E-state index contributed by atoms with van der Waals surface area (Å²) in [5, 5.41) is 0. The molecular formula is C8H14O4S. The summed E-state index contributed by atoms with van der Waals surface area (Å²) in [7, 11) is 2.69. The summed E-state index contributed by atoms with van der Waals surface area (Å²) in [5.41, 5.74) is 0. The Labute approximate surface area is 82.0 Å². The second-order valence-electron chi connectivity index (χ2n) is 2.52. The van der Waals surface area contributed by atoms with E-state index in [4.69, 9.17) is 0 Å². The Morgan fingerprint density at radius 1 is 1.31 bits per heavy atom. The van der Waals surface area contributed by atoms with Gasteiger partial charge in [-0.3, -0.25) is 9.59 Å². The molecule has 0 bridgehead atoms. The summed E-state index contributed by atoms with van der Waals surface area (Å²) in [6.07, 6.45) is 0.